The topological polar surface area (TPSA) is 59.2 Å². The zero-order valence-electron chi connectivity index (χ0n) is 18.3. The minimum Gasteiger partial charge on any atom is -0.416 e. The van der Waals surface area contributed by atoms with Crippen molar-refractivity contribution < 1.29 is 9.21 Å². The van der Waals surface area contributed by atoms with Crippen LogP contribution in [-0.2, 0) is 6.42 Å². The SMILES string of the molecule is Cc1ccccc1-c1nnc(-c2ccc(C(=O)N(C)[C@@H]3CCCc4ccccc43)cc2)o1. The van der Waals surface area contributed by atoms with Crippen molar-refractivity contribution in [2.24, 2.45) is 0 Å². The molecule has 5 nitrogen and oxygen atoms in total. The van der Waals surface area contributed by atoms with Gasteiger partial charge in [-0.25, -0.2) is 0 Å². The van der Waals surface area contributed by atoms with Crippen LogP contribution in [0, 0.1) is 6.92 Å². The highest BCUT2D eigenvalue weighted by Gasteiger charge is 2.27. The van der Waals surface area contributed by atoms with Crippen LogP contribution in [0.1, 0.15) is 45.9 Å². The fourth-order valence-corrected chi connectivity index (χ4v) is 4.49. The molecule has 0 saturated heterocycles. The number of carbonyl (C=O) groups excluding carboxylic acids is 1. The Morgan fingerprint density at radius 3 is 2.47 bits per heavy atom. The van der Waals surface area contributed by atoms with Crippen LogP contribution in [-0.4, -0.2) is 28.1 Å². The molecule has 0 N–H and O–H groups in total. The summed E-state index contributed by atoms with van der Waals surface area (Å²) in [6.45, 7) is 2.01. The van der Waals surface area contributed by atoms with Gasteiger partial charge in [-0.15, -0.1) is 10.2 Å². The minimum absolute atomic E-state index is 0.0179. The summed E-state index contributed by atoms with van der Waals surface area (Å²) in [5, 5.41) is 8.40. The van der Waals surface area contributed by atoms with E-state index in [4.69, 9.17) is 4.42 Å². The maximum Gasteiger partial charge on any atom is 0.254 e. The highest BCUT2D eigenvalue weighted by atomic mass is 16.4. The van der Waals surface area contributed by atoms with Gasteiger partial charge < -0.3 is 9.32 Å². The lowest BCUT2D eigenvalue weighted by molar-refractivity contribution is 0.0715. The van der Waals surface area contributed by atoms with Gasteiger partial charge in [0.25, 0.3) is 5.91 Å². The van der Waals surface area contributed by atoms with Crippen molar-refractivity contribution in [1.82, 2.24) is 15.1 Å². The standard InChI is InChI=1S/C27H25N3O2/c1-18-8-3-5-11-22(18)26-29-28-25(32-26)20-14-16-21(17-15-20)27(31)30(2)24-13-7-10-19-9-4-6-12-23(19)24/h3-6,8-9,11-12,14-17,24H,7,10,13H2,1-2H3/t24-/m1/s1. The van der Waals surface area contributed by atoms with Crippen LogP contribution in [0.25, 0.3) is 22.9 Å². The molecule has 1 aliphatic rings. The van der Waals surface area contributed by atoms with Gasteiger partial charge in [0.15, 0.2) is 0 Å². The first-order valence-corrected chi connectivity index (χ1v) is 11.0. The first kappa shape index (κ1) is 20.2. The van der Waals surface area contributed by atoms with Crippen LogP contribution in [0.4, 0.5) is 0 Å². The van der Waals surface area contributed by atoms with E-state index in [2.05, 4.69) is 34.5 Å². The van der Waals surface area contributed by atoms with Crippen molar-refractivity contribution in [1.29, 1.82) is 0 Å². The summed E-state index contributed by atoms with van der Waals surface area (Å²) in [5.41, 5.74) is 6.06. The van der Waals surface area contributed by atoms with Crippen LogP contribution in [0.3, 0.4) is 0 Å². The van der Waals surface area contributed by atoms with Gasteiger partial charge in [-0.1, -0.05) is 42.5 Å². The van der Waals surface area contributed by atoms with Gasteiger partial charge in [-0.05, 0) is 73.2 Å². The molecule has 0 saturated carbocycles. The van der Waals surface area contributed by atoms with Crippen LogP contribution < -0.4 is 0 Å². The lowest BCUT2D eigenvalue weighted by Crippen LogP contribution is -2.33. The normalized spacial score (nSPS) is 15.2. The van der Waals surface area contributed by atoms with E-state index in [1.54, 1.807) is 0 Å². The summed E-state index contributed by atoms with van der Waals surface area (Å²) < 4.78 is 5.90. The van der Waals surface area contributed by atoms with E-state index >= 15 is 0 Å². The Kier molecular flexibility index (Phi) is 5.31. The van der Waals surface area contributed by atoms with Gasteiger partial charge in [0.05, 0.1) is 6.04 Å². The Labute approximate surface area is 187 Å². The minimum atomic E-state index is 0.0179. The van der Waals surface area contributed by atoms with Gasteiger partial charge in [-0.2, -0.15) is 0 Å². The number of hydrogen-bond donors (Lipinski definition) is 0. The number of aromatic nitrogens is 2. The predicted octanol–water partition coefficient (Wildman–Crippen LogP) is 5.86. The van der Waals surface area contributed by atoms with E-state index in [0.717, 1.165) is 36.0 Å². The smallest absolute Gasteiger partial charge is 0.254 e. The predicted molar refractivity (Wildman–Crippen MR) is 124 cm³/mol. The summed E-state index contributed by atoms with van der Waals surface area (Å²) >= 11 is 0. The van der Waals surface area contributed by atoms with E-state index < -0.39 is 0 Å². The molecule has 5 rings (SSSR count). The second kappa shape index (κ2) is 8.42. The molecule has 1 aromatic heterocycles. The molecule has 160 valence electrons. The van der Waals surface area contributed by atoms with Crippen LogP contribution in [0.5, 0.6) is 0 Å². The molecule has 1 aliphatic carbocycles. The third-order valence-electron chi connectivity index (χ3n) is 6.30. The van der Waals surface area contributed by atoms with Gasteiger partial charge in [-0.3, -0.25) is 4.79 Å². The van der Waals surface area contributed by atoms with E-state index in [0.29, 0.717) is 17.3 Å². The Balaban J connectivity index is 1.35. The number of carbonyl (C=O) groups is 1. The third-order valence-corrected chi connectivity index (χ3v) is 6.30. The largest absolute Gasteiger partial charge is 0.416 e. The first-order chi connectivity index (χ1) is 15.6. The van der Waals surface area contributed by atoms with E-state index in [9.17, 15) is 4.79 Å². The number of aryl methyl sites for hydroxylation is 2. The molecule has 3 aromatic carbocycles. The fourth-order valence-electron chi connectivity index (χ4n) is 4.49. The highest BCUT2D eigenvalue weighted by Crippen LogP contribution is 2.34. The molecule has 5 heteroatoms. The summed E-state index contributed by atoms with van der Waals surface area (Å²) in [6.07, 6.45) is 3.16. The van der Waals surface area contributed by atoms with Crippen LogP contribution in [0.15, 0.2) is 77.2 Å². The number of amides is 1. The lowest BCUT2D eigenvalue weighted by Gasteiger charge is -2.33. The Morgan fingerprint density at radius 2 is 1.66 bits per heavy atom. The van der Waals surface area contributed by atoms with E-state index in [1.165, 1.54) is 11.1 Å². The molecule has 0 spiro atoms. The van der Waals surface area contributed by atoms with Crippen molar-refractivity contribution in [3.05, 3.63) is 95.1 Å². The summed E-state index contributed by atoms with van der Waals surface area (Å²) in [7, 11) is 1.90. The zero-order valence-corrected chi connectivity index (χ0v) is 18.3. The van der Waals surface area contributed by atoms with Crippen molar-refractivity contribution in [2.75, 3.05) is 7.05 Å². The molecule has 32 heavy (non-hydrogen) atoms. The number of rotatable bonds is 4. The summed E-state index contributed by atoms with van der Waals surface area (Å²) in [5.74, 6) is 0.954. The molecule has 0 unspecified atom stereocenters. The van der Waals surface area contributed by atoms with Crippen LogP contribution in [0.2, 0.25) is 0 Å². The summed E-state index contributed by atoms with van der Waals surface area (Å²) in [6, 6.07) is 23.9. The molecule has 1 amide bonds. The Hall–Kier alpha value is -3.73. The molecular formula is C27H25N3O2. The maximum absolute atomic E-state index is 13.2. The molecule has 0 bridgehead atoms. The molecule has 4 aromatic rings. The number of benzene rings is 3. The van der Waals surface area contributed by atoms with Crippen LogP contribution >= 0.6 is 0 Å². The number of nitrogens with zero attached hydrogens (tertiary/aromatic N) is 3. The molecule has 1 heterocycles. The van der Waals surface area contributed by atoms with Gasteiger partial charge in [0, 0.05) is 23.7 Å². The van der Waals surface area contributed by atoms with Gasteiger partial charge in [0.2, 0.25) is 11.8 Å². The zero-order chi connectivity index (χ0) is 22.1. The molecule has 0 fully saturated rings. The maximum atomic E-state index is 13.2. The first-order valence-electron chi connectivity index (χ1n) is 11.0. The van der Waals surface area contributed by atoms with Crippen molar-refractivity contribution >= 4 is 5.91 Å². The van der Waals surface area contributed by atoms with E-state index in [1.807, 2.05) is 67.4 Å². The van der Waals surface area contributed by atoms with Gasteiger partial charge in [0.1, 0.15) is 0 Å². The Bertz CT molecular complexity index is 1260. The Morgan fingerprint density at radius 1 is 0.938 bits per heavy atom. The van der Waals surface area contributed by atoms with Crippen molar-refractivity contribution in [3.8, 4) is 22.9 Å². The number of fused-ring (bicyclic) bond motifs is 1. The van der Waals surface area contributed by atoms with E-state index in [-0.39, 0.29) is 11.9 Å². The lowest BCUT2D eigenvalue weighted by atomic mass is 9.87. The number of hydrogen-bond acceptors (Lipinski definition) is 4. The fraction of sp³-hybridized carbons (Fsp3) is 0.222. The highest BCUT2D eigenvalue weighted by molar-refractivity contribution is 5.94. The van der Waals surface area contributed by atoms with Crippen molar-refractivity contribution in [2.45, 2.75) is 32.2 Å². The average Bonchev–Trinajstić information content (AvgIpc) is 3.33. The molecule has 1 atom stereocenters. The third kappa shape index (κ3) is 3.71. The second-order valence-electron chi connectivity index (χ2n) is 8.33. The average molecular weight is 424 g/mol. The quantitative estimate of drug-likeness (QED) is 0.412. The second-order valence-corrected chi connectivity index (χ2v) is 8.33. The monoisotopic (exact) mass is 423 g/mol. The molecule has 0 radical (unpaired) electrons. The molecular weight excluding hydrogens is 398 g/mol. The van der Waals surface area contributed by atoms with Gasteiger partial charge >= 0.3 is 0 Å². The summed E-state index contributed by atoms with van der Waals surface area (Å²) in [4.78, 5) is 15.1. The molecule has 0 aliphatic heterocycles. The van der Waals surface area contributed by atoms with Crippen molar-refractivity contribution in [3.63, 3.8) is 0 Å².